The third-order valence-corrected chi connectivity index (χ3v) is 3.72. The van der Waals surface area contributed by atoms with E-state index in [-0.39, 0.29) is 36.4 Å². The van der Waals surface area contributed by atoms with Crippen molar-refractivity contribution in [1.29, 1.82) is 0 Å². The van der Waals surface area contributed by atoms with Gasteiger partial charge in [-0.1, -0.05) is 29.8 Å². The number of hydrogen-bond donors (Lipinski definition) is 2. The molecule has 0 aliphatic rings. The fraction of sp³-hybridized carbons (Fsp3) is 0.333. The fourth-order valence-corrected chi connectivity index (χ4v) is 2.47. The molecule has 1 aromatic heterocycles. The van der Waals surface area contributed by atoms with Crippen LogP contribution in [0, 0.1) is 0 Å². The average Bonchev–Trinajstić information content (AvgIpc) is 2.63. The summed E-state index contributed by atoms with van der Waals surface area (Å²) in [6, 6.07) is 10.8. The molecule has 0 saturated heterocycles. The van der Waals surface area contributed by atoms with Gasteiger partial charge in [-0.2, -0.15) is 13.2 Å². The van der Waals surface area contributed by atoms with Crippen molar-refractivity contribution < 1.29 is 17.9 Å². The van der Waals surface area contributed by atoms with Gasteiger partial charge in [0.1, 0.15) is 0 Å². The van der Waals surface area contributed by atoms with Crippen LogP contribution >= 0.6 is 35.6 Å². The van der Waals surface area contributed by atoms with E-state index in [1.54, 1.807) is 19.2 Å². The fourth-order valence-electron chi connectivity index (χ4n) is 2.26. The number of alkyl halides is 3. The van der Waals surface area contributed by atoms with Gasteiger partial charge in [0.25, 0.3) is 0 Å². The minimum Gasteiger partial charge on any atom is -0.468 e. The lowest BCUT2D eigenvalue weighted by atomic mass is 10.1. The average molecular weight is 529 g/mol. The standard InChI is InChI=1S/C18H20ClF3N4O.HI/c1-23-17(25-9-7-13-4-2-6-15(19)10-13)26-11-14-5-3-8-24-16(14)27-12-18(20,21)22;/h2-6,8,10H,7,9,11-12H2,1H3,(H2,23,25,26);1H. The van der Waals surface area contributed by atoms with Crippen LogP contribution in [0.4, 0.5) is 13.2 Å². The molecule has 154 valence electrons. The predicted molar refractivity (Wildman–Crippen MR) is 115 cm³/mol. The summed E-state index contributed by atoms with van der Waals surface area (Å²) in [6.45, 7) is -0.550. The summed E-state index contributed by atoms with van der Waals surface area (Å²) in [6.07, 6.45) is -2.29. The van der Waals surface area contributed by atoms with Crippen molar-refractivity contribution in [3.8, 4) is 5.88 Å². The van der Waals surface area contributed by atoms with E-state index in [0.29, 0.717) is 23.1 Å². The second kappa shape index (κ2) is 11.9. The number of benzene rings is 1. The molecule has 0 spiro atoms. The Balaban J connectivity index is 0.00000392. The summed E-state index contributed by atoms with van der Waals surface area (Å²) >= 11 is 5.96. The molecule has 1 heterocycles. The van der Waals surface area contributed by atoms with Gasteiger partial charge in [-0.25, -0.2) is 4.98 Å². The molecule has 0 fully saturated rings. The van der Waals surface area contributed by atoms with E-state index in [1.165, 1.54) is 6.20 Å². The molecular formula is C18H21ClF3IN4O. The number of halogens is 5. The molecule has 1 aromatic carbocycles. The summed E-state index contributed by atoms with van der Waals surface area (Å²) < 4.78 is 41.8. The van der Waals surface area contributed by atoms with Crippen molar-refractivity contribution in [1.82, 2.24) is 15.6 Å². The Hall–Kier alpha value is -1.75. The first-order valence-electron chi connectivity index (χ1n) is 8.20. The summed E-state index contributed by atoms with van der Waals surface area (Å²) in [7, 11) is 1.61. The van der Waals surface area contributed by atoms with Gasteiger partial charge in [-0.15, -0.1) is 24.0 Å². The molecule has 0 atom stereocenters. The minimum atomic E-state index is -4.42. The minimum absolute atomic E-state index is 0. The number of ether oxygens (including phenoxy) is 1. The van der Waals surface area contributed by atoms with Crippen LogP contribution in [0.3, 0.4) is 0 Å². The molecule has 5 nitrogen and oxygen atoms in total. The van der Waals surface area contributed by atoms with E-state index >= 15 is 0 Å². The van der Waals surface area contributed by atoms with Gasteiger partial charge < -0.3 is 15.4 Å². The summed E-state index contributed by atoms with van der Waals surface area (Å²) in [5, 5.41) is 6.85. The molecule has 0 amide bonds. The third kappa shape index (κ3) is 8.96. The quantitative estimate of drug-likeness (QED) is 0.321. The zero-order chi connectivity index (χ0) is 19.7. The SMILES string of the molecule is CN=C(NCCc1cccc(Cl)c1)NCc1cccnc1OCC(F)(F)F.I. The van der Waals surface area contributed by atoms with E-state index < -0.39 is 12.8 Å². The zero-order valence-electron chi connectivity index (χ0n) is 15.1. The number of aliphatic imine (C=N–C) groups is 1. The Labute approximate surface area is 183 Å². The van der Waals surface area contributed by atoms with Crippen molar-refractivity contribution in [2.45, 2.75) is 19.1 Å². The Morgan fingerprint density at radius 3 is 2.68 bits per heavy atom. The predicted octanol–water partition coefficient (Wildman–Crippen LogP) is 4.20. The molecule has 0 saturated carbocycles. The lowest BCUT2D eigenvalue weighted by molar-refractivity contribution is -0.154. The van der Waals surface area contributed by atoms with Gasteiger partial charge in [-0.3, -0.25) is 4.99 Å². The molecular weight excluding hydrogens is 508 g/mol. The van der Waals surface area contributed by atoms with Crippen LogP contribution in [0.2, 0.25) is 5.02 Å². The van der Waals surface area contributed by atoms with Crippen molar-refractivity contribution >= 4 is 41.5 Å². The smallest absolute Gasteiger partial charge is 0.422 e. The number of nitrogens with zero attached hydrogens (tertiary/aromatic N) is 2. The maximum absolute atomic E-state index is 12.3. The van der Waals surface area contributed by atoms with Gasteiger partial charge in [0, 0.05) is 36.9 Å². The van der Waals surface area contributed by atoms with Crippen molar-refractivity contribution in [3.05, 3.63) is 58.7 Å². The second-order valence-electron chi connectivity index (χ2n) is 5.60. The van der Waals surface area contributed by atoms with Gasteiger partial charge in [0.2, 0.25) is 5.88 Å². The summed E-state index contributed by atoms with van der Waals surface area (Å²) in [5.74, 6) is 0.458. The van der Waals surface area contributed by atoms with Gasteiger partial charge in [0.05, 0.1) is 0 Å². The molecule has 2 rings (SSSR count). The Morgan fingerprint density at radius 1 is 1.21 bits per heavy atom. The maximum atomic E-state index is 12.3. The number of nitrogens with one attached hydrogen (secondary N) is 2. The van der Waals surface area contributed by atoms with Crippen LogP contribution in [-0.4, -0.2) is 37.3 Å². The monoisotopic (exact) mass is 528 g/mol. The molecule has 0 unspecified atom stereocenters. The topological polar surface area (TPSA) is 58.5 Å². The molecule has 2 aromatic rings. The van der Waals surface area contributed by atoms with Crippen LogP contribution in [0.5, 0.6) is 5.88 Å². The normalized spacial score (nSPS) is 11.5. The largest absolute Gasteiger partial charge is 0.468 e. The Kier molecular flexibility index (Phi) is 10.4. The molecule has 0 aliphatic carbocycles. The first-order valence-corrected chi connectivity index (χ1v) is 8.57. The molecule has 0 aliphatic heterocycles. The zero-order valence-corrected chi connectivity index (χ0v) is 18.2. The lowest BCUT2D eigenvalue weighted by Crippen LogP contribution is -2.38. The van der Waals surface area contributed by atoms with Gasteiger partial charge in [-0.05, 0) is 30.2 Å². The third-order valence-electron chi connectivity index (χ3n) is 3.49. The second-order valence-corrected chi connectivity index (χ2v) is 6.04. The Morgan fingerprint density at radius 2 is 2.00 bits per heavy atom. The maximum Gasteiger partial charge on any atom is 0.422 e. The van der Waals surface area contributed by atoms with E-state index in [1.807, 2.05) is 24.3 Å². The molecule has 0 radical (unpaired) electrons. The highest BCUT2D eigenvalue weighted by Gasteiger charge is 2.29. The van der Waals surface area contributed by atoms with Gasteiger partial charge >= 0.3 is 6.18 Å². The highest BCUT2D eigenvalue weighted by atomic mass is 127. The summed E-state index contributed by atoms with van der Waals surface area (Å²) in [5.41, 5.74) is 1.58. The molecule has 0 bridgehead atoms. The number of hydrogen-bond acceptors (Lipinski definition) is 3. The first kappa shape index (κ1) is 24.3. The number of rotatable bonds is 7. The van der Waals surface area contributed by atoms with Crippen molar-refractivity contribution in [2.24, 2.45) is 4.99 Å². The number of pyridine rings is 1. The van der Waals surface area contributed by atoms with E-state index in [0.717, 1.165) is 12.0 Å². The molecule has 28 heavy (non-hydrogen) atoms. The van der Waals surface area contributed by atoms with Crippen molar-refractivity contribution in [3.63, 3.8) is 0 Å². The molecule has 2 N–H and O–H groups in total. The highest BCUT2D eigenvalue weighted by molar-refractivity contribution is 14.0. The highest BCUT2D eigenvalue weighted by Crippen LogP contribution is 2.19. The summed E-state index contributed by atoms with van der Waals surface area (Å²) in [4.78, 5) is 7.95. The van der Waals surface area contributed by atoms with Crippen LogP contribution in [0.25, 0.3) is 0 Å². The van der Waals surface area contributed by atoms with Crippen LogP contribution in [0.15, 0.2) is 47.6 Å². The van der Waals surface area contributed by atoms with Crippen LogP contribution in [-0.2, 0) is 13.0 Å². The van der Waals surface area contributed by atoms with Crippen molar-refractivity contribution in [2.75, 3.05) is 20.2 Å². The van der Waals surface area contributed by atoms with Crippen LogP contribution in [0.1, 0.15) is 11.1 Å². The van der Waals surface area contributed by atoms with Crippen LogP contribution < -0.4 is 15.4 Å². The first-order chi connectivity index (χ1) is 12.9. The van der Waals surface area contributed by atoms with E-state index in [2.05, 4.69) is 20.6 Å². The number of aromatic nitrogens is 1. The number of guanidine groups is 1. The van der Waals surface area contributed by atoms with E-state index in [9.17, 15) is 13.2 Å². The molecule has 10 heteroatoms. The lowest BCUT2D eigenvalue weighted by Gasteiger charge is -2.15. The van der Waals surface area contributed by atoms with E-state index in [4.69, 9.17) is 16.3 Å². The van der Waals surface area contributed by atoms with Gasteiger partial charge in [0.15, 0.2) is 12.6 Å². The Bertz CT molecular complexity index is 774.